The average molecular weight is 435 g/mol. The first kappa shape index (κ1) is 21.8. The normalized spacial score (nSPS) is 20.0. The largest absolute Gasteiger partial charge is 0.347 e. The third-order valence-electron chi connectivity index (χ3n) is 6.77. The van der Waals surface area contributed by atoms with Gasteiger partial charge in [0, 0.05) is 29.7 Å². The second kappa shape index (κ2) is 7.94. The highest BCUT2D eigenvalue weighted by Crippen LogP contribution is 2.39. The smallest absolute Gasteiger partial charge is 0.215 e. The van der Waals surface area contributed by atoms with Gasteiger partial charge in [0.15, 0.2) is 0 Å². The molecule has 30 heavy (non-hydrogen) atoms. The van der Waals surface area contributed by atoms with Gasteiger partial charge < -0.3 is 4.57 Å². The molecule has 0 radical (unpaired) electrons. The molecule has 0 spiro atoms. The van der Waals surface area contributed by atoms with Crippen LogP contribution in [0.5, 0.6) is 0 Å². The summed E-state index contributed by atoms with van der Waals surface area (Å²) in [6.45, 7) is 9.21. The molecule has 0 aliphatic heterocycles. The van der Waals surface area contributed by atoms with E-state index in [9.17, 15) is 8.42 Å². The van der Waals surface area contributed by atoms with E-state index in [2.05, 4.69) is 30.1 Å². The lowest BCUT2D eigenvalue weighted by Crippen LogP contribution is -2.39. The second-order valence-electron chi connectivity index (χ2n) is 10.6. The molecule has 1 aromatic carbocycles. The molecule has 1 N–H and O–H groups in total. The van der Waals surface area contributed by atoms with Crippen LogP contribution in [0, 0.1) is 11.2 Å². The van der Waals surface area contributed by atoms with Crippen molar-refractivity contribution in [3.63, 3.8) is 0 Å². The number of nitrogens with zero attached hydrogens (tertiary/aromatic N) is 1. The minimum atomic E-state index is -3.35. The lowest BCUT2D eigenvalue weighted by atomic mass is 9.94. The van der Waals surface area contributed by atoms with Crippen molar-refractivity contribution in [2.45, 2.75) is 96.4 Å². The molecule has 2 aliphatic rings. The van der Waals surface area contributed by atoms with Crippen molar-refractivity contribution < 1.29 is 12.8 Å². The third kappa shape index (κ3) is 4.31. The summed E-state index contributed by atoms with van der Waals surface area (Å²) in [5, 5.41) is 0.538. The van der Waals surface area contributed by atoms with Gasteiger partial charge in [-0.05, 0) is 67.2 Å². The molecule has 2 fully saturated rings. The molecule has 0 saturated heterocycles. The Bertz CT molecular complexity index is 1030. The van der Waals surface area contributed by atoms with Crippen LogP contribution in [-0.4, -0.2) is 18.2 Å². The summed E-state index contributed by atoms with van der Waals surface area (Å²) in [5.41, 5.74) is 2.74. The molecule has 1 heterocycles. The van der Waals surface area contributed by atoms with Crippen LogP contribution in [0.2, 0.25) is 0 Å². The van der Waals surface area contributed by atoms with E-state index in [0.29, 0.717) is 5.92 Å². The fraction of sp³-hybridized carbons (Fsp3) is 0.667. The zero-order valence-electron chi connectivity index (χ0n) is 18.7. The van der Waals surface area contributed by atoms with E-state index in [0.717, 1.165) is 73.5 Å². The Morgan fingerprint density at radius 3 is 2.37 bits per heavy atom. The number of rotatable bonds is 6. The van der Waals surface area contributed by atoms with Crippen LogP contribution in [0.3, 0.4) is 0 Å². The van der Waals surface area contributed by atoms with Crippen LogP contribution in [-0.2, 0) is 16.6 Å². The van der Waals surface area contributed by atoms with Gasteiger partial charge in [0.2, 0.25) is 10.0 Å². The van der Waals surface area contributed by atoms with Crippen LogP contribution in [0.4, 0.5) is 4.39 Å². The molecular weight excluding hydrogens is 399 g/mol. The molecule has 6 heteroatoms. The summed E-state index contributed by atoms with van der Waals surface area (Å²) >= 11 is 0. The summed E-state index contributed by atoms with van der Waals surface area (Å²) in [6.07, 6.45) is 8.88. The Morgan fingerprint density at radius 1 is 1.13 bits per heavy atom. The lowest BCUT2D eigenvalue weighted by molar-refractivity contribution is 0.349. The van der Waals surface area contributed by atoms with Crippen LogP contribution < -0.4 is 4.72 Å². The zero-order chi connectivity index (χ0) is 21.7. The van der Waals surface area contributed by atoms with Gasteiger partial charge in [-0.25, -0.2) is 17.5 Å². The zero-order valence-corrected chi connectivity index (χ0v) is 19.5. The lowest BCUT2D eigenvalue weighted by Gasteiger charge is -2.27. The maximum atomic E-state index is 15.1. The Morgan fingerprint density at radius 2 is 1.80 bits per heavy atom. The van der Waals surface area contributed by atoms with Crippen molar-refractivity contribution in [2.75, 3.05) is 0 Å². The number of halogens is 1. The summed E-state index contributed by atoms with van der Waals surface area (Å²) in [7, 11) is -3.35. The quantitative estimate of drug-likeness (QED) is 0.605. The summed E-state index contributed by atoms with van der Waals surface area (Å²) in [6, 6.07) is 3.28. The molecule has 2 saturated carbocycles. The van der Waals surface area contributed by atoms with Crippen LogP contribution >= 0.6 is 0 Å². The number of hydrogen-bond donors (Lipinski definition) is 1. The number of sulfonamides is 1. The van der Waals surface area contributed by atoms with Crippen LogP contribution in [0.1, 0.15) is 95.7 Å². The minimum Gasteiger partial charge on any atom is -0.347 e. The van der Waals surface area contributed by atoms with Gasteiger partial charge in [-0.15, -0.1) is 0 Å². The summed E-state index contributed by atoms with van der Waals surface area (Å²) in [4.78, 5) is 0. The van der Waals surface area contributed by atoms with Crippen molar-refractivity contribution >= 4 is 20.9 Å². The first-order valence-electron chi connectivity index (χ1n) is 11.4. The Kier molecular flexibility index (Phi) is 5.77. The SMILES string of the molecule is C[C@@H](NS(=O)(=O)C1CCC1)c1cn(CC(C)(C)C)c2cc(C3CCCC3)c(F)cc12. The van der Waals surface area contributed by atoms with E-state index >= 15 is 4.39 Å². The van der Waals surface area contributed by atoms with Crippen molar-refractivity contribution in [1.82, 2.24) is 9.29 Å². The van der Waals surface area contributed by atoms with E-state index in [-0.39, 0.29) is 16.5 Å². The highest BCUT2D eigenvalue weighted by atomic mass is 32.2. The fourth-order valence-corrected chi connectivity index (χ4v) is 6.74. The predicted octanol–water partition coefficient (Wildman–Crippen LogP) is 6.02. The number of nitrogens with one attached hydrogen (secondary N) is 1. The maximum absolute atomic E-state index is 15.1. The Labute approximate surface area is 180 Å². The third-order valence-corrected chi connectivity index (χ3v) is 8.80. The molecule has 0 bridgehead atoms. The first-order valence-corrected chi connectivity index (χ1v) is 12.9. The monoisotopic (exact) mass is 434 g/mol. The van der Waals surface area contributed by atoms with Gasteiger partial charge in [0.1, 0.15) is 5.82 Å². The fourth-order valence-electron chi connectivity index (χ4n) is 4.98. The van der Waals surface area contributed by atoms with E-state index in [1.165, 1.54) is 0 Å². The van der Waals surface area contributed by atoms with Crippen molar-refractivity contribution in [2.24, 2.45) is 5.41 Å². The molecular formula is C24H35FN2O2S. The molecule has 1 aromatic heterocycles. The first-order chi connectivity index (χ1) is 14.0. The van der Waals surface area contributed by atoms with Crippen LogP contribution in [0.15, 0.2) is 18.3 Å². The Hall–Kier alpha value is -1.40. The molecule has 166 valence electrons. The molecule has 2 aliphatic carbocycles. The summed E-state index contributed by atoms with van der Waals surface area (Å²) < 4.78 is 45.5. The van der Waals surface area contributed by atoms with E-state index in [1.807, 2.05) is 19.2 Å². The van der Waals surface area contributed by atoms with Gasteiger partial charge in [-0.1, -0.05) is 40.0 Å². The number of benzene rings is 1. The van der Waals surface area contributed by atoms with Gasteiger partial charge in [0.05, 0.1) is 5.25 Å². The Balaban J connectivity index is 1.76. The van der Waals surface area contributed by atoms with Gasteiger partial charge in [-0.3, -0.25) is 0 Å². The molecule has 0 unspecified atom stereocenters. The molecule has 2 aromatic rings. The second-order valence-corrected chi connectivity index (χ2v) is 12.6. The van der Waals surface area contributed by atoms with E-state index in [4.69, 9.17) is 0 Å². The van der Waals surface area contributed by atoms with Crippen molar-refractivity contribution in [1.29, 1.82) is 0 Å². The van der Waals surface area contributed by atoms with Crippen LogP contribution in [0.25, 0.3) is 10.9 Å². The highest BCUT2D eigenvalue weighted by Gasteiger charge is 2.33. The predicted molar refractivity (Wildman–Crippen MR) is 121 cm³/mol. The van der Waals surface area contributed by atoms with E-state index in [1.54, 1.807) is 6.07 Å². The van der Waals surface area contributed by atoms with Gasteiger partial charge >= 0.3 is 0 Å². The standard InChI is InChI=1S/C24H35FN2O2S/c1-16(26-30(28,29)18-10-7-11-18)21-14-27(15-24(2,3)4)23-13-19(17-8-5-6-9-17)22(25)12-20(21)23/h12-14,16-18,26H,5-11,15H2,1-4H3/t16-/m1/s1. The molecule has 0 amide bonds. The number of hydrogen-bond acceptors (Lipinski definition) is 2. The topological polar surface area (TPSA) is 51.1 Å². The molecule has 4 rings (SSSR count). The minimum absolute atomic E-state index is 0.0554. The van der Waals surface area contributed by atoms with Gasteiger partial charge in [0.25, 0.3) is 0 Å². The number of aromatic nitrogens is 1. The van der Waals surface area contributed by atoms with E-state index < -0.39 is 16.1 Å². The molecule has 4 nitrogen and oxygen atoms in total. The number of fused-ring (bicyclic) bond motifs is 1. The molecule has 1 atom stereocenters. The van der Waals surface area contributed by atoms with Crippen molar-refractivity contribution in [3.05, 3.63) is 35.3 Å². The highest BCUT2D eigenvalue weighted by molar-refractivity contribution is 7.90. The summed E-state index contributed by atoms with van der Waals surface area (Å²) in [5.74, 6) is 0.142. The van der Waals surface area contributed by atoms with Gasteiger partial charge in [-0.2, -0.15) is 0 Å². The average Bonchev–Trinajstić information content (AvgIpc) is 3.18. The van der Waals surface area contributed by atoms with Crippen molar-refractivity contribution in [3.8, 4) is 0 Å². The maximum Gasteiger partial charge on any atom is 0.215 e.